The molecule has 0 bridgehead atoms. The van der Waals surface area contributed by atoms with Crippen LogP contribution in [-0.2, 0) is 0 Å². The zero-order chi connectivity index (χ0) is 10.1. The van der Waals surface area contributed by atoms with Gasteiger partial charge in [-0.3, -0.25) is 4.79 Å². The minimum absolute atomic E-state index is 0.0806. The molecule has 4 heteroatoms. The molecule has 0 aromatic heterocycles. The Hall–Kier alpha value is -1.55. The van der Waals surface area contributed by atoms with Gasteiger partial charge in [-0.1, -0.05) is 0 Å². The van der Waals surface area contributed by atoms with Gasteiger partial charge in [0.25, 0.3) is 5.91 Å². The predicted octanol–water partition coefficient (Wildman–Crippen LogP) is 0.0982. The molecule has 14 heavy (non-hydrogen) atoms. The number of hydrogen-bond donors (Lipinski definition) is 3. The lowest BCUT2D eigenvalue weighted by molar-refractivity contribution is 0.0950. The largest absolute Gasteiger partial charge is 0.399 e. The van der Waals surface area contributed by atoms with E-state index in [1.54, 1.807) is 24.3 Å². The highest BCUT2D eigenvalue weighted by molar-refractivity contribution is 5.94. The van der Waals surface area contributed by atoms with E-state index in [2.05, 4.69) is 5.32 Å². The molecule has 4 nitrogen and oxygen atoms in total. The van der Waals surface area contributed by atoms with Gasteiger partial charge in [0.05, 0.1) is 0 Å². The molecule has 74 valence electrons. The molecular weight excluding hydrogens is 178 g/mol. The van der Waals surface area contributed by atoms with Crippen molar-refractivity contribution < 1.29 is 4.79 Å². The second kappa shape index (κ2) is 3.31. The number of nitrogen functional groups attached to an aromatic ring is 1. The summed E-state index contributed by atoms with van der Waals surface area (Å²) in [5.41, 5.74) is 12.4. The molecule has 0 aliphatic heterocycles. The molecule has 1 aromatic carbocycles. The van der Waals surface area contributed by atoms with Crippen LogP contribution in [0.3, 0.4) is 0 Å². The van der Waals surface area contributed by atoms with Crippen molar-refractivity contribution in [1.82, 2.24) is 5.32 Å². The van der Waals surface area contributed by atoms with Crippen molar-refractivity contribution in [2.75, 3.05) is 5.73 Å². The number of nitrogens with one attached hydrogen (secondary N) is 1. The molecule has 1 saturated carbocycles. The maximum atomic E-state index is 11.5. The smallest absolute Gasteiger partial charge is 0.251 e. The van der Waals surface area contributed by atoms with Gasteiger partial charge in [-0.25, -0.2) is 0 Å². The Morgan fingerprint density at radius 2 is 1.93 bits per heavy atom. The van der Waals surface area contributed by atoms with E-state index in [-0.39, 0.29) is 18.0 Å². The van der Waals surface area contributed by atoms with Crippen molar-refractivity contribution in [2.24, 2.45) is 5.73 Å². The SMILES string of the molecule is Nc1ccc(C(=O)NC2CC2N)cc1. The van der Waals surface area contributed by atoms with Gasteiger partial charge in [0.15, 0.2) is 0 Å². The Morgan fingerprint density at radius 1 is 1.36 bits per heavy atom. The van der Waals surface area contributed by atoms with Crippen molar-refractivity contribution in [3.05, 3.63) is 29.8 Å². The molecule has 1 aliphatic rings. The Morgan fingerprint density at radius 3 is 2.43 bits per heavy atom. The Bertz CT molecular complexity index is 347. The van der Waals surface area contributed by atoms with Crippen LogP contribution in [0.4, 0.5) is 5.69 Å². The molecule has 0 radical (unpaired) electrons. The molecule has 5 N–H and O–H groups in total. The first-order chi connectivity index (χ1) is 6.66. The van der Waals surface area contributed by atoms with Crippen LogP contribution in [0, 0.1) is 0 Å². The fourth-order valence-electron chi connectivity index (χ4n) is 1.27. The average Bonchev–Trinajstić information content (AvgIpc) is 2.82. The molecule has 0 heterocycles. The first-order valence-corrected chi connectivity index (χ1v) is 4.59. The number of amides is 1. The van der Waals surface area contributed by atoms with Gasteiger partial charge in [-0.2, -0.15) is 0 Å². The Kier molecular flexibility index (Phi) is 2.13. The van der Waals surface area contributed by atoms with Crippen LogP contribution in [0.15, 0.2) is 24.3 Å². The van der Waals surface area contributed by atoms with E-state index in [0.717, 1.165) is 6.42 Å². The fourth-order valence-corrected chi connectivity index (χ4v) is 1.27. The maximum absolute atomic E-state index is 11.5. The lowest BCUT2D eigenvalue weighted by Gasteiger charge is -2.03. The highest BCUT2D eigenvalue weighted by atomic mass is 16.1. The van der Waals surface area contributed by atoms with Crippen LogP contribution >= 0.6 is 0 Å². The van der Waals surface area contributed by atoms with E-state index in [1.807, 2.05) is 0 Å². The maximum Gasteiger partial charge on any atom is 0.251 e. The first-order valence-electron chi connectivity index (χ1n) is 4.59. The second-order valence-electron chi connectivity index (χ2n) is 3.60. The molecule has 2 atom stereocenters. The lowest BCUT2D eigenvalue weighted by atomic mass is 10.2. The lowest BCUT2D eigenvalue weighted by Crippen LogP contribution is -2.29. The normalized spacial score (nSPS) is 24.4. The third-order valence-corrected chi connectivity index (χ3v) is 2.33. The zero-order valence-corrected chi connectivity index (χ0v) is 7.73. The Labute approximate surface area is 82.3 Å². The average molecular weight is 191 g/mol. The monoisotopic (exact) mass is 191 g/mol. The number of nitrogens with two attached hydrogens (primary N) is 2. The van der Waals surface area contributed by atoms with Crippen molar-refractivity contribution in [2.45, 2.75) is 18.5 Å². The number of benzene rings is 1. The molecule has 0 spiro atoms. The summed E-state index contributed by atoms with van der Waals surface area (Å²) in [5, 5.41) is 2.83. The molecule has 2 rings (SSSR count). The highest BCUT2D eigenvalue weighted by Gasteiger charge is 2.34. The van der Waals surface area contributed by atoms with Gasteiger partial charge < -0.3 is 16.8 Å². The van der Waals surface area contributed by atoms with E-state index in [1.165, 1.54) is 0 Å². The minimum Gasteiger partial charge on any atom is -0.399 e. The first kappa shape index (κ1) is 9.02. The van der Waals surface area contributed by atoms with Gasteiger partial charge in [-0.15, -0.1) is 0 Å². The minimum atomic E-state index is -0.0806. The summed E-state index contributed by atoms with van der Waals surface area (Å²) in [6.45, 7) is 0. The van der Waals surface area contributed by atoms with Gasteiger partial charge in [0.2, 0.25) is 0 Å². The van der Waals surface area contributed by atoms with Crippen LogP contribution < -0.4 is 16.8 Å². The van der Waals surface area contributed by atoms with Crippen LogP contribution in [-0.4, -0.2) is 18.0 Å². The summed E-state index contributed by atoms with van der Waals surface area (Å²) in [4.78, 5) is 11.5. The van der Waals surface area contributed by atoms with Crippen molar-refractivity contribution in [3.8, 4) is 0 Å². The molecule has 0 saturated heterocycles. The quantitative estimate of drug-likeness (QED) is 0.580. The number of rotatable bonds is 2. The molecule has 1 amide bonds. The van der Waals surface area contributed by atoms with E-state index in [0.29, 0.717) is 11.3 Å². The van der Waals surface area contributed by atoms with E-state index in [9.17, 15) is 4.79 Å². The van der Waals surface area contributed by atoms with E-state index >= 15 is 0 Å². The standard InChI is InChI=1S/C10H13N3O/c11-7-3-1-6(2-4-7)10(14)13-9-5-8(9)12/h1-4,8-9H,5,11-12H2,(H,13,14). The van der Waals surface area contributed by atoms with Crippen molar-refractivity contribution in [1.29, 1.82) is 0 Å². The topological polar surface area (TPSA) is 81.1 Å². The summed E-state index contributed by atoms with van der Waals surface area (Å²) < 4.78 is 0. The van der Waals surface area contributed by atoms with Gasteiger partial charge in [0.1, 0.15) is 0 Å². The number of carbonyl (C=O) groups excluding carboxylic acids is 1. The third kappa shape index (κ3) is 1.85. The van der Waals surface area contributed by atoms with Crippen LogP contribution in [0.5, 0.6) is 0 Å². The second-order valence-corrected chi connectivity index (χ2v) is 3.60. The molecule has 1 aromatic rings. The summed E-state index contributed by atoms with van der Waals surface area (Å²) >= 11 is 0. The zero-order valence-electron chi connectivity index (χ0n) is 7.73. The number of carbonyl (C=O) groups is 1. The summed E-state index contributed by atoms with van der Waals surface area (Å²) in [5.74, 6) is -0.0806. The van der Waals surface area contributed by atoms with Crippen molar-refractivity contribution in [3.63, 3.8) is 0 Å². The van der Waals surface area contributed by atoms with Gasteiger partial charge in [0, 0.05) is 23.3 Å². The van der Waals surface area contributed by atoms with Crippen LogP contribution in [0.25, 0.3) is 0 Å². The van der Waals surface area contributed by atoms with Gasteiger partial charge in [-0.05, 0) is 30.7 Å². The Balaban J connectivity index is 2.00. The summed E-state index contributed by atoms with van der Waals surface area (Å²) in [6, 6.07) is 7.12. The van der Waals surface area contributed by atoms with E-state index in [4.69, 9.17) is 11.5 Å². The molecule has 1 aliphatic carbocycles. The number of hydrogen-bond acceptors (Lipinski definition) is 3. The molecular formula is C10H13N3O. The van der Waals surface area contributed by atoms with Crippen molar-refractivity contribution >= 4 is 11.6 Å². The van der Waals surface area contributed by atoms with Crippen LogP contribution in [0.1, 0.15) is 16.8 Å². The molecule has 1 fully saturated rings. The van der Waals surface area contributed by atoms with E-state index < -0.39 is 0 Å². The molecule has 2 unspecified atom stereocenters. The summed E-state index contributed by atoms with van der Waals surface area (Å²) in [7, 11) is 0. The fraction of sp³-hybridized carbons (Fsp3) is 0.300. The number of anilines is 1. The highest BCUT2D eigenvalue weighted by Crippen LogP contribution is 2.18. The van der Waals surface area contributed by atoms with Crippen LogP contribution in [0.2, 0.25) is 0 Å². The third-order valence-electron chi connectivity index (χ3n) is 2.33. The van der Waals surface area contributed by atoms with Gasteiger partial charge >= 0.3 is 0 Å². The predicted molar refractivity (Wildman–Crippen MR) is 54.7 cm³/mol. The summed E-state index contributed by atoms with van der Waals surface area (Å²) in [6.07, 6.45) is 0.876.